The molecule has 3 aliphatic rings. The molecular weight excluding hydrogens is 306 g/mol. The predicted molar refractivity (Wildman–Crippen MR) is 91.7 cm³/mol. The van der Waals surface area contributed by atoms with Crippen LogP contribution in [-0.4, -0.2) is 65.2 Å². The number of rotatable bonds is 2. The highest BCUT2D eigenvalue weighted by Crippen LogP contribution is 2.28. The smallest absolute Gasteiger partial charge is 0.410 e. The summed E-state index contributed by atoms with van der Waals surface area (Å²) >= 11 is 0. The fourth-order valence-corrected chi connectivity index (χ4v) is 4.27. The molecule has 6 heteroatoms. The van der Waals surface area contributed by atoms with Gasteiger partial charge in [0.15, 0.2) is 0 Å². The van der Waals surface area contributed by atoms with E-state index in [1.165, 1.54) is 19.3 Å². The van der Waals surface area contributed by atoms with Crippen LogP contribution in [0.15, 0.2) is 0 Å². The van der Waals surface area contributed by atoms with Gasteiger partial charge in [0.05, 0.1) is 0 Å². The first-order valence-corrected chi connectivity index (χ1v) is 9.39. The second-order valence-electron chi connectivity index (χ2n) is 8.33. The Balaban J connectivity index is 1.58. The number of amides is 2. The summed E-state index contributed by atoms with van der Waals surface area (Å²) in [6.07, 6.45) is 5.93. The third-order valence-corrected chi connectivity index (χ3v) is 5.37. The maximum atomic E-state index is 12.8. The number of hydrogen-bond donors (Lipinski definition) is 1. The Morgan fingerprint density at radius 3 is 2.54 bits per heavy atom. The molecule has 3 heterocycles. The van der Waals surface area contributed by atoms with Gasteiger partial charge in [-0.25, -0.2) is 4.79 Å². The fraction of sp³-hybridized carbons (Fsp3) is 0.889. The number of carbonyl (C=O) groups excluding carboxylic acids is 2. The lowest BCUT2D eigenvalue weighted by atomic mass is 9.98. The summed E-state index contributed by atoms with van der Waals surface area (Å²) in [7, 11) is 0. The van der Waals surface area contributed by atoms with E-state index in [1.54, 1.807) is 4.90 Å². The van der Waals surface area contributed by atoms with Crippen LogP contribution in [0.3, 0.4) is 0 Å². The van der Waals surface area contributed by atoms with Crippen molar-refractivity contribution in [2.75, 3.05) is 19.6 Å². The average molecular weight is 337 g/mol. The van der Waals surface area contributed by atoms with Crippen LogP contribution in [0.25, 0.3) is 0 Å². The zero-order valence-corrected chi connectivity index (χ0v) is 15.2. The molecule has 136 valence electrons. The minimum atomic E-state index is -0.533. The average Bonchev–Trinajstić information content (AvgIpc) is 3.13. The molecule has 0 aromatic rings. The first-order valence-electron chi connectivity index (χ1n) is 9.39. The highest BCUT2D eigenvalue weighted by atomic mass is 16.6. The van der Waals surface area contributed by atoms with Crippen LogP contribution in [0, 0.1) is 0 Å². The number of likely N-dealkylation sites (tertiary alicyclic amines) is 1. The summed E-state index contributed by atoms with van der Waals surface area (Å²) < 4.78 is 5.46. The fourth-order valence-electron chi connectivity index (χ4n) is 4.27. The van der Waals surface area contributed by atoms with Gasteiger partial charge in [0.25, 0.3) is 0 Å². The van der Waals surface area contributed by atoms with Gasteiger partial charge in [-0.15, -0.1) is 0 Å². The molecule has 0 saturated carbocycles. The van der Waals surface area contributed by atoms with E-state index < -0.39 is 5.60 Å². The van der Waals surface area contributed by atoms with Crippen molar-refractivity contribution in [3.05, 3.63) is 0 Å². The van der Waals surface area contributed by atoms with Crippen molar-refractivity contribution in [1.82, 2.24) is 15.1 Å². The standard InChI is InChI=1S/C18H31N3O3/c1-18(2,3)24-17(23)21-11-6-8-15(21)16(22)19-13-9-12-20-10-5-4-7-14(13)20/h13-15H,4-12H2,1-3H3,(H,19,22)/t13-,14+,15+/m0/s1. The van der Waals surface area contributed by atoms with E-state index in [4.69, 9.17) is 4.74 Å². The molecule has 0 aromatic carbocycles. The molecule has 3 rings (SSSR count). The number of ether oxygens (including phenoxy) is 1. The molecule has 6 nitrogen and oxygen atoms in total. The Bertz CT molecular complexity index is 488. The Kier molecular flexibility index (Phi) is 5.04. The molecule has 0 aromatic heterocycles. The van der Waals surface area contributed by atoms with Crippen LogP contribution in [0.2, 0.25) is 0 Å². The lowest BCUT2D eigenvalue weighted by molar-refractivity contribution is -0.126. The third-order valence-electron chi connectivity index (χ3n) is 5.37. The van der Waals surface area contributed by atoms with Crippen molar-refractivity contribution in [2.45, 2.75) is 83.0 Å². The van der Waals surface area contributed by atoms with Gasteiger partial charge in [-0.1, -0.05) is 6.42 Å². The van der Waals surface area contributed by atoms with Gasteiger partial charge in [-0.2, -0.15) is 0 Å². The summed E-state index contributed by atoms with van der Waals surface area (Å²) in [5, 5.41) is 3.24. The maximum absolute atomic E-state index is 12.8. The van der Waals surface area contributed by atoms with Crippen LogP contribution in [-0.2, 0) is 9.53 Å². The molecule has 0 bridgehead atoms. The predicted octanol–water partition coefficient (Wildman–Crippen LogP) is 2.13. The van der Waals surface area contributed by atoms with Crippen LogP contribution in [0.4, 0.5) is 4.79 Å². The van der Waals surface area contributed by atoms with Gasteiger partial charge < -0.3 is 10.1 Å². The maximum Gasteiger partial charge on any atom is 0.410 e. The van der Waals surface area contributed by atoms with Crippen molar-refractivity contribution in [1.29, 1.82) is 0 Å². The monoisotopic (exact) mass is 337 g/mol. The number of carbonyl (C=O) groups is 2. The van der Waals surface area contributed by atoms with E-state index >= 15 is 0 Å². The third kappa shape index (κ3) is 3.85. The molecule has 2 amide bonds. The Morgan fingerprint density at radius 1 is 1.00 bits per heavy atom. The van der Waals surface area contributed by atoms with E-state index in [9.17, 15) is 9.59 Å². The molecule has 0 unspecified atom stereocenters. The van der Waals surface area contributed by atoms with Crippen LogP contribution >= 0.6 is 0 Å². The number of nitrogens with zero attached hydrogens (tertiary/aromatic N) is 2. The Morgan fingerprint density at radius 2 is 1.79 bits per heavy atom. The van der Waals surface area contributed by atoms with E-state index in [0.717, 1.165) is 32.4 Å². The lowest BCUT2D eigenvalue weighted by Crippen LogP contribution is -2.53. The van der Waals surface area contributed by atoms with Crippen LogP contribution in [0.5, 0.6) is 0 Å². The zero-order valence-electron chi connectivity index (χ0n) is 15.2. The summed E-state index contributed by atoms with van der Waals surface area (Å²) in [6.45, 7) is 8.40. The summed E-state index contributed by atoms with van der Waals surface area (Å²) in [5.74, 6) is -0.00390. The SMILES string of the molecule is CC(C)(C)OC(=O)N1CCC[C@@H]1C(=O)N[C@H]1CCN2CCCC[C@H]12. The van der Waals surface area contributed by atoms with Crippen molar-refractivity contribution < 1.29 is 14.3 Å². The first-order chi connectivity index (χ1) is 11.3. The van der Waals surface area contributed by atoms with E-state index in [-0.39, 0.29) is 24.1 Å². The van der Waals surface area contributed by atoms with Crippen molar-refractivity contribution in [3.63, 3.8) is 0 Å². The van der Waals surface area contributed by atoms with Crippen molar-refractivity contribution in [2.24, 2.45) is 0 Å². The van der Waals surface area contributed by atoms with Gasteiger partial charge in [0.2, 0.25) is 5.91 Å². The Labute approximate surface area is 144 Å². The highest BCUT2D eigenvalue weighted by Gasteiger charge is 2.40. The van der Waals surface area contributed by atoms with E-state index in [0.29, 0.717) is 12.6 Å². The molecule has 3 atom stereocenters. The first kappa shape index (κ1) is 17.5. The minimum absolute atomic E-state index is 0.00390. The number of nitrogens with one attached hydrogen (secondary N) is 1. The second-order valence-corrected chi connectivity index (χ2v) is 8.33. The summed E-state index contributed by atoms with van der Waals surface area (Å²) in [6, 6.07) is 0.343. The Hall–Kier alpha value is -1.30. The lowest BCUT2D eigenvalue weighted by Gasteiger charge is -2.33. The quantitative estimate of drug-likeness (QED) is 0.838. The molecule has 1 N–H and O–H groups in total. The number of piperidine rings is 1. The molecule has 24 heavy (non-hydrogen) atoms. The summed E-state index contributed by atoms with van der Waals surface area (Å²) in [4.78, 5) is 29.2. The molecule has 0 aliphatic carbocycles. The largest absolute Gasteiger partial charge is 0.444 e. The topological polar surface area (TPSA) is 61.9 Å². The van der Waals surface area contributed by atoms with E-state index in [1.807, 2.05) is 20.8 Å². The van der Waals surface area contributed by atoms with Gasteiger partial charge in [-0.05, 0) is 59.4 Å². The summed E-state index contributed by atoms with van der Waals surface area (Å²) in [5.41, 5.74) is -0.533. The van der Waals surface area contributed by atoms with Crippen LogP contribution < -0.4 is 5.32 Å². The van der Waals surface area contributed by atoms with Crippen molar-refractivity contribution >= 4 is 12.0 Å². The molecular formula is C18H31N3O3. The van der Waals surface area contributed by atoms with E-state index in [2.05, 4.69) is 10.2 Å². The molecule has 3 saturated heterocycles. The molecule has 0 spiro atoms. The van der Waals surface area contributed by atoms with Gasteiger partial charge in [0.1, 0.15) is 11.6 Å². The van der Waals surface area contributed by atoms with Crippen molar-refractivity contribution in [3.8, 4) is 0 Å². The molecule has 3 aliphatic heterocycles. The highest BCUT2D eigenvalue weighted by molar-refractivity contribution is 5.86. The van der Waals surface area contributed by atoms with Gasteiger partial charge in [0, 0.05) is 25.2 Å². The second kappa shape index (κ2) is 6.90. The van der Waals surface area contributed by atoms with Gasteiger partial charge in [-0.3, -0.25) is 14.6 Å². The number of fused-ring (bicyclic) bond motifs is 1. The molecule has 3 fully saturated rings. The zero-order chi connectivity index (χ0) is 17.3. The number of hydrogen-bond acceptors (Lipinski definition) is 4. The molecule has 0 radical (unpaired) electrons. The van der Waals surface area contributed by atoms with Crippen LogP contribution in [0.1, 0.15) is 59.3 Å². The van der Waals surface area contributed by atoms with Gasteiger partial charge >= 0.3 is 6.09 Å². The normalized spacial score (nSPS) is 31.0. The minimum Gasteiger partial charge on any atom is -0.444 e.